The molecule has 2 amide bonds. The number of carbonyl (C=O) groups excluding carboxylic acids is 2. The van der Waals surface area contributed by atoms with Crippen molar-refractivity contribution in [2.24, 2.45) is 5.92 Å². The molecule has 1 aromatic rings. The van der Waals surface area contributed by atoms with E-state index in [0.29, 0.717) is 18.4 Å². The SMILES string of the molecule is CC(=O)NCc1cc(CCC(C)C)ccc1C1CCN(C=O)CC1. The van der Waals surface area contributed by atoms with Gasteiger partial charge < -0.3 is 10.2 Å². The number of nitrogens with zero attached hydrogens (tertiary/aromatic N) is 1. The average molecular weight is 330 g/mol. The van der Waals surface area contributed by atoms with Crippen LogP contribution >= 0.6 is 0 Å². The molecular weight excluding hydrogens is 300 g/mol. The summed E-state index contributed by atoms with van der Waals surface area (Å²) >= 11 is 0. The summed E-state index contributed by atoms with van der Waals surface area (Å²) in [6.07, 6.45) is 5.20. The van der Waals surface area contributed by atoms with E-state index in [1.165, 1.54) is 23.1 Å². The van der Waals surface area contributed by atoms with E-state index in [9.17, 15) is 9.59 Å². The molecule has 1 aromatic carbocycles. The highest BCUT2D eigenvalue weighted by Crippen LogP contribution is 2.31. The number of piperidine rings is 1. The molecule has 1 aliphatic rings. The third-order valence-electron chi connectivity index (χ3n) is 4.86. The standard InChI is InChI=1S/C20H30N2O2/c1-15(2)4-5-17-6-7-20(19(12-17)13-21-16(3)24)18-8-10-22(14-23)11-9-18/h6-7,12,14-15,18H,4-5,8-11,13H2,1-3H3,(H,21,24). The van der Waals surface area contributed by atoms with Gasteiger partial charge in [-0.2, -0.15) is 0 Å². The predicted molar refractivity (Wildman–Crippen MR) is 96.7 cm³/mol. The summed E-state index contributed by atoms with van der Waals surface area (Å²) in [6, 6.07) is 6.74. The lowest BCUT2D eigenvalue weighted by Crippen LogP contribution is -2.32. The van der Waals surface area contributed by atoms with Gasteiger partial charge in [-0.15, -0.1) is 0 Å². The minimum Gasteiger partial charge on any atom is -0.352 e. The third kappa shape index (κ3) is 5.36. The van der Waals surface area contributed by atoms with Crippen molar-refractivity contribution in [1.29, 1.82) is 0 Å². The molecule has 1 fully saturated rings. The van der Waals surface area contributed by atoms with Gasteiger partial charge in [-0.3, -0.25) is 9.59 Å². The van der Waals surface area contributed by atoms with Crippen LogP contribution in [0.1, 0.15) is 62.6 Å². The topological polar surface area (TPSA) is 49.4 Å². The van der Waals surface area contributed by atoms with Crippen LogP contribution in [0.3, 0.4) is 0 Å². The van der Waals surface area contributed by atoms with E-state index in [0.717, 1.165) is 38.8 Å². The smallest absolute Gasteiger partial charge is 0.217 e. The van der Waals surface area contributed by atoms with Crippen molar-refractivity contribution in [2.75, 3.05) is 13.1 Å². The molecule has 1 heterocycles. The Morgan fingerprint density at radius 2 is 2.04 bits per heavy atom. The molecule has 24 heavy (non-hydrogen) atoms. The molecule has 2 rings (SSSR count). The van der Waals surface area contributed by atoms with Gasteiger partial charge in [-0.05, 0) is 54.2 Å². The summed E-state index contributed by atoms with van der Waals surface area (Å²) in [7, 11) is 0. The van der Waals surface area contributed by atoms with Gasteiger partial charge in [0.2, 0.25) is 12.3 Å². The fourth-order valence-corrected chi connectivity index (χ4v) is 3.36. The van der Waals surface area contributed by atoms with Crippen molar-refractivity contribution < 1.29 is 9.59 Å². The van der Waals surface area contributed by atoms with E-state index in [1.807, 2.05) is 4.90 Å². The van der Waals surface area contributed by atoms with Gasteiger partial charge in [0.1, 0.15) is 0 Å². The number of rotatable bonds is 7. The summed E-state index contributed by atoms with van der Waals surface area (Å²) in [6.45, 7) is 8.28. The first-order valence-corrected chi connectivity index (χ1v) is 9.05. The molecule has 0 atom stereocenters. The quantitative estimate of drug-likeness (QED) is 0.780. The van der Waals surface area contributed by atoms with E-state index >= 15 is 0 Å². The maximum atomic E-state index is 11.3. The Balaban J connectivity index is 2.15. The van der Waals surface area contributed by atoms with Crippen LogP contribution in [0.15, 0.2) is 18.2 Å². The molecule has 0 bridgehead atoms. The highest BCUT2D eigenvalue weighted by molar-refractivity contribution is 5.72. The van der Waals surface area contributed by atoms with Gasteiger partial charge in [0, 0.05) is 26.6 Å². The van der Waals surface area contributed by atoms with Gasteiger partial charge in [0.05, 0.1) is 0 Å². The number of likely N-dealkylation sites (tertiary alicyclic amines) is 1. The molecule has 0 aromatic heterocycles. The Morgan fingerprint density at radius 3 is 2.62 bits per heavy atom. The van der Waals surface area contributed by atoms with Crippen LogP contribution in [0.5, 0.6) is 0 Å². The number of hydrogen-bond donors (Lipinski definition) is 1. The van der Waals surface area contributed by atoms with Gasteiger partial charge in [-0.1, -0.05) is 32.0 Å². The van der Waals surface area contributed by atoms with Crippen LogP contribution in [-0.4, -0.2) is 30.3 Å². The first kappa shape index (κ1) is 18.5. The number of amides is 2. The summed E-state index contributed by atoms with van der Waals surface area (Å²) in [5.74, 6) is 1.17. The fourth-order valence-electron chi connectivity index (χ4n) is 3.36. The van der Waals surface area contributed by atoms with Crippen molar-refractivity contribution >= 4 is 12.3 Å². The van der Waals surface area contributed by atoms with Crippen LogP contribution in [-0.2, 0) is 22.6 Å². The van der Waals surface area contributed by atoms with E-state index in [-0.39, 0.29) is 5.91 Å². The van der Waals surface area contributed by atoms with Gasteiger partial charge in [0.15, 0.2) is 0 Å². The van der Waals surface area contributed by atoms with Crippen molar-refractivity contribution in [3.63, 3.8) is 0 Å². The first-order valence-electron chi connectivity index (χ1n) is 9.05. The summed E-state index contributed by atoms with van der Waals surface area (Å²) in [5, 5.41) is 2.95. The highest BCUT2D eigenvalue weighted by Gasteiger charge is 2.22. The first-order chi connectivity index (χ1) is 11.5. The second kappa shape index (κ2) is 8.86. The Morgan fingerprint density at radius 1 is 1.33 bits per heavy atom. The molecule has 1 N–H and O–H groups in total. The lowest BCUT2D eigenvalue weighted by atomic mass is 9.85. The summed E-state index contributed by atoms with van der Waals surface area (Å²) in [4.78, 5) is 24.1. The molecule has 4 nitrogen and oxygen atoms in total. The second-order valence-electron chi connectivity index (χ2n) is 7.29. The van der Waals surface area contributed by atoms with Crippen LogP contribution in [0.4, 0.5) is 0 Å². The van der Waals surface area contributed by atoms with Gasteiger partial charge in [-0.25, -0.2) is 0 Å². The number of carbonyl (C=O) groups is 2. The molecule has 4 heteroatoms. The molecule has 0 unspecified atom stereocenters. The van der Waals surface area contributed by atoms with Crippen molar-refractivity contribution in [3.05, 3.63) is 34.9 Å². The number of nitrogens with one attached hydrogen (secondary N) is 1. The molecule has 0 aliphatic carbocycles. The number of hydrogen-bond acceptors (Lipinski definition) is 2. The lowest BCUT2D eigenvalue weighted by molar-refractivity contribution is -0.120. The largest absolute Gasteiger partial charge is 0.352 e. The van der Waals surface area contributed by atoms with E-state index in [4.69, 9.17) is 0 Å². The number of aryl methyl sites for hydroxylation is 1. The molecule has 0 spiro atoms. The zero-order chi connectivity index (χ0) is 17.5. The Labute approximate surface area is 145 Å². The van der Waals surface area contributed by atoms with Crippen LogP contribution < -0.4 is 5.32 Å². The molecule has 0 saturated carbocycles. The Kier molecular flexibility index (Phi) is 6.83. The van der Waals surface area contributed by atoms with Gasteiger partial charge >= 0.3 is 0 Å². The van der Waals surface area contributed by atoms with Crippen LogP contribution in [0, 0.1) is 5.92 Å². The molecular formula is C20H30N2O2. The van der Waals surface area contributed by atoms with Crippen LogP contribution in [0.25, 0.3) is 0 Å². The average Bonchev–Trinajstić information content (AvgIpc) is 2.58. The van der Waals surface area contributed by atoms with Crippen molar-refractivity contribution in [3.8, 4) is 0 Å². The Hall–Kier alpha value is -1.84. The second-order valence-corrected chi connectivity index (χ2v) is 7.29. The fraction of sp³-hybridized carbons (Fsp3) is 0.600. The number of benzene rings is 1. The molecule has 0 radical (unpaired) electrons. The predicted octanol–water partition coefficient (Wildman–Crippen LogP) is 3.25. The zero-order valence-electron chi connectivity index (χ0n) is 15.2. The van der Waals surface area contributed by atoms with Crippen molar-refractivity contribution in [2.45, 2.75) is 58.9 Å². The highest BCUT2D eigenvalue weighted by atomic mass is 16.1. The minimum absolute atomic E-state index is 0.00399. The van der Waals surface area contributed by atoms with Crippen LogP contribution in [0.2, 0.25) is 0 Å². The van der Waals surface area contributed by atoms with Gasteiger partial charge in [0.25, 0.3) is 0 Å². The maximum Gasteiger partial charge on any atom is 0.217 e. The van der Waals surface area contributed by atoms with E-state index in [2.05, 4.69) is 37.4 Å². The van der Waals surface area contributed by atoms with E-state index < -0.39 is 0 Å². The van der Waals surface area contributed by atoms with Crippen molar-refractivity contribution in [1.82, 2.24) is 10.2 Å². The third-order valence-corrected chi connectivity index (χ3v) is 4.86. The monoisotopic (exact) mass is 330 g/mol. The minimum atomic E-state index is 0.00399. The molecule has 1 aliphatic heterocycles. The zero-order valence-corrected chi connectivity index (χ0v) is 15.2. The molecule has 1 saturated heterocycles. The summed E-state index contributed by atoms with van der Waals surface area (Å²) < 4.78 is 0. The maximum absolute atomic E-state index is 11.3. The lowest BCUT2D eigenvalue weighted by Gasteiger charge is -2.31. The Bertz CT molecular complexity index is 561. The normalized spacial score (nSPS) is 15.6. The van der Waals surface area contributed by atoms with E-state index in [1.54, 1.807) is 6.92 Å². The molecule has 132 valence electrons. The summed E-state index contributed by atoms with van der Waals surface area (Å²) in [5.41, 5.74) is 3.91.